The second-order valence-electron chi connectivity index (χ2n) is 5.81. The third kappa shape index (κ3) is 2.34. The molecule has 0 fully saturated rings. The van der Waals surface area contributed by atoms with E-state index in [-0.39, 0.29) is 5.56 Å². The van der Waals surface area contributed by atoms with Gasteiger partial charge in [-0.1, -0.05) is 12.1 Å². The molecule has 0 aliphatic carbocycles. The first-order chi connectivity index (χ1) is 12.8. The molecule has 0 saturated heterocycles. The monoisotopic (exact) mass is 340 g/mol. The van der Waals surface area contributed by atoms with Crippen molar-refractivity contribution in [3.63, 3.8) is 0 Å². The van der Waals surface area contributed by atoms with Crippen LogP contribution in [0.2, 0.25) is 0 Å². The summed E-state index contributed by atoms with van der Waals surface area (Å²) in [4.78, 5) is 28.0. The maximum absolute atomic E-state index is 11.6. The van der Waals surface area contributed by atoms with Crippen LogP contribution in [0.1, 0.15) is 0 Å². The standard InChI is InChI=1S/C19H12N6O/c26-16-7-6-15-18(23-16)24-19(25-10-2-9-21-25)17(22-15)13-4-5-14-12(11-13)3-1-8-20-14/h1-11H,(H,23,24,26). The summed E-state index contributed by atoms with van der Waals surface area (Å²) in [6.45, 7) is 0. The van der Waals surface area contributed by atoms with Gasteiger partial charge in [0.1, 0.15) is 11.2 Å². The minimum Gasteiger partial charge on any atom is -0.305 e. The smallest absolute Gasteiger partial charge is 0.249 e. The van der Waals surface area contributed by atoms with E-state index in [1.54, 1.807) is 29.3 Å². The quantitative estimate of drug-likeness (QED) is 0.534. The molecule has 0 atom stereocenters. The maximum Gasteiger partial charge on any atom is 0.249 e. The normalized spacial score (nSPS) is 11.2. The van der Waals surface area contributed by atoms with Crippen LogP contribution in [0.15, 0.2) is 71.9 Å². The predicted octanol–water partition coefficient (Wildman–Crippen LogP) is 2.72. The molecule has 124 valence electrons. The van der Waals surface area contributed by atoms with Crippen LogP contribution < -0.4 is 5.56 Å². The van der Waals surface area contributed by atoms with E-state index in [9.17, 15) is 4.79 Å². The number of hydrogen-bond donors (Lipinski definition) is 1. The Morgan fingerprint density at radius 3 is 2.73 bits per heavy atom. The minimum absolute atomic E-state index is 0.220. The summed E-state index contributed by atoms with van der Waals surface area (Å²) in [6, 6.07) is 14.8. The number of aromatic nitrogens is 6. The number of fused-ring (bicyclic) bond motifs is 2. The number of nitrogens with zero attached hydrogens (tertiary/aromatic N) is 5. The van der Waals surface area contributed by atoms with Crippen LogP contribution in [-0.2, 0) is 0 Å². The molecule has 0 aliphatic rings. The van der Waals surface area contributed by atoms with Gasteiger partial charge in [-0.05, 0) is 30.3 Å². The first-order valence-corrected chi connectivity index (χ1v) is 8.04. The Morgan fingerprint density at radius 2 is 1.85 bits per heavy atom. The molecular formula is C19H12N6O. The summed E-state index contributed by atoms with van der Waals surface area (Å²) in [6.07, 6.45) is 5.24. The van der Waals surface area contributed by atoms with Gasteiger partial charge in [0.05, 0.1) is 5.52 Å². The molecule has 0 saturated carbocycles. The van der Waals surface area contributed by atoms with Gasteiger partial charge in [-0.15, -0.1) is 0 Å². The number of benzene rings is 1. The van der Waals surface area contributed by atoms with E-state index >= 15 is 0 Å². The second-order valence-corrected chi connectivity index (χ2v) is 5.81. The third-order valence-corrected chi connectivity index (χ3v) is 4.14. The van der Waals surface area contributed by atoms with E-state index in [4.69, 9.17) is 4.98 Å². The van der Waals surface area contributed by atoms with E-state index in [0.717, 1.165) is 16.5 Å². The Kier molecular flexibility index (Phi) is 3.11. The summed E-state index contributed by atoms with van der Waals surface area (Å²) >= 11 is 0. The van der Waals surface area contributed by atoms with Gasteiger partial charge < -0.3 is 4.98 Å². The fourth-order valence-corrected chi connectivity index (χ4v) is 2.93. The number of aromatic amines is 1. The van der Waals surface area contributed by atoms with Gasteiger partial charge in [0.25, 0.3) is 0 Å². The molecule has 0 spiro atoms. The lowest BCUT2D eigenvalue weighted by Gasteiger charge is -2.10. The number of H-pyrrole nitrogens is 1. The van der Waals surface area contributed by atoms with Crippen LogP contribution in [0.5, 0.6) is 0 Å². The van der Waals surface area contributed by atoms with E-state index in [2.05, 4.69) is 20.1 Å². The Balaban J connectivity index is 1.83. The van der Waals surface area contributed by atoms with Crippen molar-refractivity contribution in [2.75, 3.05) is 0 Å². The molecule has 7 heteroatoms. The molecule has 7 nitrogen and oxygen atoms in total. The molecule has 5 aromatic rings. The number of hydrogen-bond acceptors (Lipinski definition) is 5. The van der Waals surface area contributed by atoms with E-state index in [1.807, 2.05) is 36.4 Å². The lowest BCUT2D eigenvalue weighted by Crippen LogP contribution is -2.09. The zero-order chi connectivity index (χ0) is 17.5. The molecule has 26 heavy (non-hydrogen) atoms. The molecule has 4 heterocycles. The van der Waals surface area contributed by atoms with Gasteiger partial charge in [0.2, 0.25) is 5.56 Å². The zero-order valence-electron chi connectivity index (χ0n) is 13.5. The third-order valence-electron chi connectivity index (χ3n) is 4.14. The summed E-state index contributed by atoms with van der Waals surface area (Å²) in [5.74, 6) is 0.549. The highest BCUT2D eigenvalue weighted by atomic mass is 16.1. The van der Waals surface area contributed by atoms with E-state index in [0.29, 0.717) is 22.7 Å². The first kappa shape index (κ1) is 14.5. The number of rotatable bonds is 2. The molecular weight excluding hydrogens is 328 g/mol. The Hall–Kier alpha value is -3.87. The average Bonchev–Trinajstić information content (AvgIpc) is 3.21. The lowest BCUT2D eigenvalue weighted by molar-refractivity contribution is 0.846. The van der Waals surface area contributed by atoms with Crippen molar-refractivity contribution in [2.24, 2.45) is 0 Å². The van der Waals surface area contributed by atoms with Crippen LogP contribution in [0.25, 0.3) is 39.1 Å². The van der Waals surface area contributed by atoms with Gasteiger partial charge in [-0.2, -0.15) is 5.10 Å². The molecule has 4 aromatic heterocycles. The average molecular weight is 340 g/mol. The molecule has 0 aliphatic heterocycles. The SMILES string of the molecule is O=c1ccc2nc(-c3ccc4ncccc4c3)c(-n3cccn3)nc2[nH]1. The van der Waals surface area contributed by atoms with Crippen molar-refractivity contribution in [1.82, 2.24) is 29.7 Å². The van der Waals surface area contributed by atoms with Gasteiger partial charge in [0.15, 0.2) is 11.5 Å². The summed E-state index contributed by atoms with van der Waals surface area (Å²) in [7, 11) is 0. The van der Waals surface area contributed by atoms with Crippen molar-refractivity contribution in [3.8, 4) is 17.1 Å². The summed E-state index contributed by atoms with van der Waals surface area (Å²) in [5.41, 5.74) is 3.31. The van der Waals surface area contributed by atoms with Gasteiger partial charge in [0, 0.05) is 35.6 Å². The Morgan fingerprint density at radius 1 is 0.923 bits per heavy atom. The fourth-order valence-electron chi connectivity index (χ4n) is 2.93. The number of pyridine rings is 2. The Bertz CT molecular complexity index is 1310. The largest absolute Gasteiger partial charge is 0.305 e. The molecule has 0 bridgehead atoms. The molecule has 1 aromatic carbocycles. The molecule has 1 N–H and O–H groups in total. The van der Waals surface area contributed by atoms with Crippen LogP contribution in [0.4, 0.5) is 0 Å². The van der Waals surface area contributed by atoms with E-state index in [1.165, 1.54) is 6.07 Å². The minimum atomic E-state index is -0.220. The topological polar surface area (TPSA) is 89.3 Å². The molecule has 0 amide bonds. The van der Waals surface area contributed by atoms with Crippen LogP contribution in [0.3, 0.4) is 0 Å². The van der Waals surface area contributed by atoms with Crippen molar-refractivity contribution >= 4 is 22.1 Å². The van der Waals surface area contributed by atoms with E-state index < -0.39 is 0 Å². The highest BCUT2D eigenvalue weighted by Crippen LogP contribution is 2.27. The summed E-state index contributed by atoms with van der Waals surface area (Å²) in [5, 5.41) is 5.29. The lowest BCUT2D eigenvalue weighted by atomic mass is 10.1. The van der Waals surface area contributed by atoms with Gasteiger partial charge in [-0.25, -0.2) is 14.6 Å². The highest BCUT2D eigenvalue weighted by Gasteiger charge is 2.14. The second kappa shape index (κ2) is 5.59. The van der Waals surface area contributed by atoms with Gasteiger partial charge >= 0.3 is 0 Å². The van der Waals surface area contributed by atoms with Crippen LogP contribution >= 0.6 is 0 Å². The highest BCUT2D eigenvalue weighted by molar-refractivity contribution is 5.86. The first-order valence-electron chi connectivity index (χ1n) is 8.04. The van der Waals surface area contributed by atoms with Crippen LogP contribution in [-0.4, -0.2) is 29.7 Å². The van der Waals surface area contributed by atoms with Crippen molar-refractivity contribution in [3.05, 3.63) is 77.5 Å². The zero-order valence-corrected chi connectivity index (χ0v) is 13.5. The fraction of sp³-hybridized carbons (Fsp3) is 0. The molecule has 5 rings (SSSR count). The maximum atomic E-state index is 11.6. The summed E-state index contributed by atoms with van der Waals surface area (Å²) < 4.78 is 1.64. The van der Waals surface area contributed by atoms with Crippen molar-refractivity contribution in [1.29, 1.82) is 0 Å². The van der Waals surface area contributed by atoms with Gasteiger partial charge in [-0.3, -0.25) is 9.78 Å². The number of nitrogens with one attached hydrogen (secondary N) is 1. The predicted molar refractivity (Wildman–Crippen MR) is 98.0 cm³/mol. The van der Waals surface area contributed by atoms with Crippen molar-refractivity contribution < 1.29 is 0 Å². The molecule has 0 radical (unpaired) electrons. The van der Waals surface area contributed by atoms with Crippen LogP contribution in [0, 0.1) is 0 Å². The molecule has 0 unspecified atom stereocenters. The van der Waals surface area contributed by atoms with Crippen molar-refractivity contribution in [2.45, 2.75) is 0 Å². The Labute approximate surface area is 147 Å².